The van der Waals surface area contributed by atoms with E-state index in [9.17, 15) is 0 Å². The molecule has 2 nitrogen and oxygen atoms in total. The van der Waals surface area contributed by atoms with Gasteiger partial charge in [-0.3, -0.25) is 0 Å². The average molecular weight is 319 g/mol. The number of rotatable bonds is 8. The Labute approximate surface area is 137 Å². The molecule has 2 aromatic rings. The first-order valence-corrected chi connectivity index (χ1v) is 8.44. The largest absolute Gasteiger partial charge is 0.497 e. The Morgan fingerprint density at radius 1 is 1.05 bits per heavy atom. The van der Waals surface area contributed by atoms with Gasteiger partial charge in [0.2, 0.25) is 0 Å². The van der Waals surface area contributed by atoms with E-state index in [-0.39, 0.29) is 0 Å². The summed E-state index contributed by atoms with van der Waals surface area (Å²) in [5.41, 5.74) is 1.33. The summed E-state index contributed by atoms with van der Waals surface area (Å²) in [6.07, 6.45) is 1.08. The van der Waals surface area contributed by atoms with Gasteiger partial charge in [-0.05, 0) is 54.0 Å². The molecule has 0 unspecified atom stereocenters. The maximum atomic E-state index is 5.20. The summed E-state index contributed by atoms with van der Waals surface area (Å²) in [6, 6.07) is 18.8. The van der Waals surface area contributed by atoms with Crippen LogP contribution in [0.3, 0.4) is 0 Å². The van der Waals surface area contributed by atoms with Gasteiger partial charge in [0.15, 0.2) is 0 Å². The normalized spacial score (nSPS) is 10.8. The second-order valence-electron chi connectivity index (χ2n) is 4.69. The summed E-state index contributed by atoms with van der Waals surface area (Å²) in [5.74, 6) is 1.80. The van der Waals surface area contributed by atoms with Crippen LogP contribution < -0.4 is 4.74 Å². The number of benzene rings is 2. The Balaban J connectivity index is 2.00. The van der Waals surface area contributed by atoms with Crippen LogP contribution in [0.25, 0.3) is 0 Å². The van der Waals surface area contributed by atoms with E-state index in [4.69, 9.17) is 4.74 Å². The van der Waals surface area contributed by atoms with Crippen LogP contribution in [0.4, 0.5) is 0 Å². The highest BCUT2D eigenvalue weighted by Gasteiger charge is 2.08. The number of thiol groups is 1. The summed E-state index contributed by atoms with van der Waals surface area (Å²) in [4.78, 5) is 1.23. The number of nitrogens with zero attached hydrogens (tertiary/aromatic N) is 1. The van der Waals surface area contributed by atoms with Crippen molar-refractivity contribution in [1.29, 1.82) is 0 Å². The lowest BCUT2D eigenvalue weighted by molar-refractivity contribution is 0.414. The molecule has 0 saturated carbocycles. The smallest absolute Gasteiger partial charge is 0.118 e. The zero-order valence-electron chi connectivity index (χ0n) is 12.2. The van der Waals surface area contributed by atoms with Crippen molar-refractivity contribution in [2.24, 2.45) is 0 Å². The second-order valence-corrected chi connectivity index (χ2v) is 6.31. The minimum Gasteiger partial charge on any atom is -0.497 e. The second kappa shape index (κ2) is 9.03. The van der Waals surface area contributed by atoms with Gasteiger partial charge in [-0.1, -0.05) is 30.3 Å². The van der Waals surface area contributed by atoms with Crippen LogP contribution in [0.15, 0.2) is 59.5 Å². The Kier molecular flexibility index (Phi) is 7.00. The van der Waals surface area contributed by atoms with Gasteiger partial charge in [0.05, 0.1) is 7.11 Å². The molecular weight excluding hydrogens is 298 g/mol. The van der Waals surface area contributed by atoms with E-state index in [1.807, 2.05) is 12.1 Å². The lowest BCUT2D eigenvalue weighted by Crippen LogP contribution is -2.17. The zero-order chi connectivity index (χ0) is 14.9. The van der Waals surface area contributed by atoms with Crippen LogP contribution in [0, 0.1) is 0 Å². The maximum Gasteiger partial charge on any atom is 0.118 e. The van der Waals surface area contributed by atoms with Crippen molar-refractivity contribution >= 4 is 24.6 Å². The fourth-order valence-electron chi connectivity index (χ4n) is 1.98. The molecule has 0 spiro atoms. The van der Waals surface area contributed by atoms with E-state index in [0.29, 0.717) is 0 Å². The van der Waals surface area contributed by atoms with Gasteiger partial charge in [-0.15, -0.1) is 0 Å². The van der Waals surface area contributed by atoms with Gasteiger partial charge < -0.3 is 4.74 Å². The molecular formula is C17H21NOS2. The first-order chi connectivity index (χ1) is 10.3. The SMILES string of the molecule is COc1ccc(SN(CCCS)Cc2ccccc2)cc1. The highest BCUT2D eigenvalue weighted by Crippen LogP contribution is 2.26. The van der Waals surface area contributed by atoms with Crippen molar-refractivity contribution in [2.45, 2.75) is 17.9 Å². The number of hydrogen-bond acceptors (Lipinski definition) is 4. The van der Waals surface area contributed by atoms with Crippen molar-refractivity contribution in [3.63, 3.8) is 0 Å². The van der Waals surface area contributed by atoms with Gasteiger partial charge in [0.25, 0.3) is 0 Å². The van der Waals surface area contributed by atoms with Crippen LogP contribution in [0.2, 0.25) is 0 Å². The molecule has 112 valence electrons. The Hall–Kier alpha value is -1.10. The molecule has 0 fully saturated rings. The highest BCUT2D eigenvalue weighted by molar-refractivity contribution is 7.97. The number of methoxy groups -OCH3 is 1. The van der Waals surface area contributed by atoms with Gasteiger partial charge >= 0.3 is 0 Å². The molecule has 0 N–H and O–H groups in total. The van der Waals surface area contributed by atoms with Crippen LogP contribution in [0.1, 0.15) is 12.0 Å². The average Bonchev–Trinajstić information content (AvgIpc) is 2.54. The summed E-state index contributed by atoms with van der Waals surface area (Å²) in [6.45, 7) is 1.96. The van der Waals surface area contributed by atoms with Crippen molar-refractivity contribution < 1.29 is 4.74 Å². The molecule has 0 aliphatic rings. The van der Waals surface area contributed by atoms with E-state index in [0.717, 1.165) is 31.0 Å². The molecule has 0 aliphatic carbocycles. The van der Waals surface area contributed by atoms with Gasteiger partial charge in [-0.25, -0.2) is 4.31 Å². The number of ether oxygens (including phenoxy) is 1. The molecule has 0 heterocycles. The molecule has 4 heteroatoms. The van der Waals surface area contributed by atoms with Crippen molar-refractivity contribution in [2.75, 3.05) is 19.4 Å². The van der Waals surface area contributed by atoms with E-state index in [1.54, 1.807) is 19.1 Å². The van der Waals surface area contributed by atoms with E-state index in [1.165, 1.54) is 10.5 Å². The minimum absolute atomic E-state index is 0.893. The summed E-state index contributed by atoms with van der Waals surface area (Å²) >= 11 is 6.11. The quantitative estimate of drug-likeness (QED) is 0.567. The van der Waals surface area contributed by atoms with E-state index < -0.39 is 0 Å². The van der Waals surface area contributed by atoms with Gasteiger partial charge in [-0.2, -0.15) is 12.6 Å². The molecule has 0 bridgehead atoms. The first-order valence-electron chi connectivity index (χ1n) is 7.03. The minimum atomic E-state index is 0.893. The first kappa shape index (κ1) is 16.3. The van der Waals surface area contributed by atoms with E-state index >= 15 is 0 Å². The zero-order valence-corrected chi connectivity index (χ0v) is 13.9. The highest BCUT2D eigenvalue weighted by atomic mass is 32.2. The van der Waals surface area contributed by atoms with Crippen LogP contribution in [-0.4, -0.2) is 23.7 Å². The summed E-state index contributed by atoms with van der Waals surface area (Å²) < 4.78 is 7.58. The third-order valence-corrected chi connectivity index (χ3v) is 4.43. The summed E-state index contributed by atoms with van der Waals surface area (Å²) in [5, 5.41) is 0. The fourth-order valence-corrected chi connectivity index (χ4v) is 3.11. The van der Waals surface area contributed by atoms with Crippen LogP contribution in [-0.2, 0) is 6.54 Å². The monoisotopic (exact) mass is 319 g/mol. The standard InChI is InChI=1S/C17H21NOS2/c1-19-16-8-10-17(11-9-16)21-18(12-5-13-20)14-15-6-3-2-4-7-15/h2-4,6-11,20H,5,12-14H2,1H3. The Morgan fingerprint density at radius 3 is 2.38 bits per heavy atom. The molecule has 0 amide bonds. The lowest BCUT2D eigenvalue weighted by Gasteiger charge is -2.21. The van der Waals surface area contributed by atoms with Crippen molar-refractivity contribution in [3.8, 4) is 5.75 Å². The predicted molar refractivity (Wildman–Crippen MR) is 94.2 cm³/mol. The van der Waals surface area contributed by atoms with E-state index in [2.05, 4.69) is 59.4 Å². The predicted octanol–water partition coefficient (Wildman–Crippen LogP) is 4.52. The Bertz CT molecular complexity index is 516. The van der Waals surface area contributed by atoms with Crippen LogP contribution in [0.5, 0.6) is 5.75 Å². The third kappa shape index (κ3) is 5.65. The van der Waals surface area contributed by atoms with Crippen molar-refractivity contribution in [3.05, 3.63) is 60.2 Å². The molecule has 0 atom stereocenters. The topological polar surface area (TPSA) is 12.5 Å². The molecule has 0 saturated heterocycles. The number of hydrogen-bond donors (Lipinski definition) is 1. The molecule has 0 aromatic heterocycles. The molecule has 2 aromatic carbocycles. The molecule has 2 rings (SSSR count). The lowest BCUT2D eigenvalue weighted by atomic mass is 10.2. The Morgan fingerprint density at radius 2 is 1.76 bits per heavy atom. The molecule has 0 aliphatic heterocycles. The molecule has 0 radical (unpaired) electrons. The van der Waals surface area contributed by atoms with Crippen molar-refractivity contribution in [1.82, 2.24) is 4.31 Å². The summed E-state index contributed by atoms with van der Waals surface area (Å²) in [7, 11) is 1.69. The van der Waals surface area contributed by atoms with Gasteiger partial charge in [0.1, 0.15) is 5.75 Å². The van der Waals surface area contributed by atoms with Gasteiger partial charge in [0, 0.05) is 18.0 Å². The maximum absolute atomic E-state index is 5.20. The third-order valence-electron chi connectivity index (χ3n) is 3.06. The fraction of sp³-hybridized carbons (Fsp3) is 0.294. The molecule has 21 heavy (non-hydrogen) atoms. The van der Waals surface area contributed by atoms with Crippen LogP contribution >= 0.6 is 24.6 Å².